The Kier molecular flexibility index (Phi) is 2.55. The summed E-state index contributed by atoms with van der Waals surface area (Å²) < 4.78 is 7.22. The molecule has 3 rings (SSSR count). The van der Waals surface area contributed by atoms with E-state index in [0.29, 0.717) is 0 Å². The zero-order chi connectivity index (χ0) is 13.6. The van der Waals surface area contributed by atoms with Gasteiger partial charge in [0.05, 0.1) is 7.11 Å². The Labute approximate surface area is 111 Å². The summed E-state index contributed by atoms with van der Waals surface area (Å²) in [6, 6.07) is 7.82. The molecule has 4 nitrogen and oxygen atoms in total. The third kappa shape index (κ3) is 1.56. The Bertz CT molecular complexity index is 653. The average Bonchev–Trinajstić information content (AvgIpc) is 2.65. The Morgan fingerprint density at radius 1 is 1.37 bits per heavy atom. The lowest BCUT2D eigenvalue weighted by Crippen LogP contribution is -2.43. The van der Waals surface area contributed by atoms with Crippen molar-refractivity contribution in [2.75, 3.05) is 7.11 Å². The van der Waals surface area contributed by atoms with Gasteiger partial charge in [-0.1, -0.05) is 6.42 Å². The lowest BCUT2D eigenvalue weighted by atomic mass is 9.66. The van der Waals surface area contributed by atoms with Gasteiger partial charge in [-0.2, -0.15) is 0 Å². The van der Waals surface area contributed by atoms with Crippen molar-refractivity contribution >= 4 is 16.9 Å². The summed E-state index contributed by atoms with van der Waals surface area (Å²) in [5, 5.41) is 10.6. The molecule has 1 N–H and O–H groups in total. The first-order valence-corrected chi connectivity index (χ1v) is 6.46. The van der Waals surface area contributed by atoms with Crippen LogP contribution in [0.5, 0.6) is 5.75 Å². The second-order valence-electron chi connectivity index (χ2n) is 5.25. The highest BCUT2D eigenvalue weighted by molar-refractivity contribution is 5.88. The predicted octanol–water partition coefficient (Wildman–Crippen LogP) is 2.69. The monoisotopic (exact) mass is 259 g/mol. The molecule has 1 aliphatic carbocycles. The molecular weight excluding hydrogens is 242 g/mol. The molecule has 100 valence electrons. The maximum atomic E-state index is 11.6. The maximum absolute atomic E-state index is 11.6. The van der Waals surface area contributed by atoms with E-state index in [2.05, 4.69) is 0 Å². The molecule has 19 heavy (non-hydrogen) atoms. The van der Waals surface area contributed by atoms with Crippen LogP contribution < -0.4 is 4.74 Å². The van der Waals surface area contributed by atoms with E-state index in [0.717, 1.165) is 41.6 Å². The molecule has 1 aromatic heterocycles. The molecule has 0 amide bonds. The van der Waals surface area contributed by atoms with Gasteiger partial charge in [0.25, 0.3) is 0 Å². The molecule has 2 aromatic rings. The van der Waals surface area contributed by atoms with E-state index in [1.54, 1.807) is 7.11 Å². The number of rotatable bonds is 3. The van der Waals surface area contributed by atoms with E-state index in [1.165, 1.54) is 0 Å². The average molecular weight is 259 g/mol. The number of hydrogen-bond acceptors (Lipinski definition) is 2. The lowest BCUT2D eigenvalue weighted by Gasteiger charge is -2.38. The van der Waals surface area contributed by atoms with Crippen molar-refractivity contribution < 1.29 is 14.6 Å². The van der Waals surface area contributed by atoms with Crippen LogP contribution in [0.1, 0.15) is 25.0 Å². The van der Waals surface area contributed by atoms with Crippen molar-refractivity contribution in [2.24, 2.45) is 7.05 Å². The Hall–Kier alpha value is -1.97. The number of fused-ring (bicyclic) bond motifs is 1. The van der Waals surface area contributed by atoms with Gasteiger partial charge < -0.3 is 14.4 Å². The Balaban J connectivity index is 2.19. The highest BCUT2D eigenvalue weighted by Crippen LogP contribution is 2.45. The van der Waals surface area contributed by atoms with E-state index < -0.39 is 11.4 Å². The summed E-state index contributed by atoms with van der Waals surface area (Å²) in [6.07, 6.45) is 2.43. The first-order valence-electron chi connectivity index (χ1n) is 6.46. The number of carboxylic acid groups (broad SMARTS) is 1. The quantitative estimate of drug-likeness (QED) is 0.922. The van der Waals surface area contributed by atoms with Gasteiger partial charge in [0.1, 0.15) is 11.2 Å². The highest BCUT2D eigenvalue weighted by atomic mass is 16.5. The number of carboxylic acids is 1. The number of carbonyl (C=O) groups is 1. The Morgan fingerprint density at radius 3 is 2.63 bits per heavy atom. The second-order valence-corrected chi connectivity index (χ2v) is 5.25. The van der Waals surface area contributed by atoms with Crippen LogP contribution in [0.3, 0.4) is 0 Å². The minimum atomic E-state index is -0.711. The molecular formula is C15H17NO3. The summed E-state index contributed by atoms with van der Waals surface area (Å²) in [4.78, 5) is 11.6. The third-order valence-corrected chi connectivity index (χ3v) is 4.36. The Morgan fingerprint density at radius 2 is 2.11 bits per heavy atom. The van der Waals surface area contributed by atoms with Crippen molar-refractivity contribution in [3.05, 3.63) is 30.0 Å². The molecule has 1 saturated carbocycles. The third-order valence-electron chi connectivity index (χ3n) is 4.36. The molecule has 1 aliphatic rings. The molecule has 0 spiro atoms. The number of aliphatic carboxylic acids is 1. The molecule has 0 radical (unpaired) electrons. The number of methoxy groups -OCH3 is 1. The van der Waals surface area contributed by atoms with E-state index >= 15 is 0 Å². The van der Waals surface area contributed by atoms with Crippen LogP contribution in [-0.4, -0.2) is 22.8 Å². The van der Waals surface area contributed by atoms with Crippen molar-refractivity contribution in [3.8, 4) is 5.75 Å². The fourth-order valence-electron chi connectivity index (χ4n) is 3.02. The van der Waals surface area contributed by atoms with E-state index in [1.807, 2.05) is 35.9 Å². The number of hydrogen-bond donors (Lipinski definition) is 1. The molecule has 0 bridgehead atoms. The van der Waals surface area contributed by atoms with E-state index in [9.17, 15) is 9.90 Å². The summed E-state index contributed by atoms with van der Waals surface area (Å²) in [6.45, 7) is 0. The zero-order valence-corrected chi connectivity index (χ0v) is 11.1. The zero-order valence-electron chi connectivity index (χ0n) is 11.1. The number of aromatic nitrogens is 1. The lowest BCUT2D eigenvalue weighted by molar-refractivity contribution is -0.147. The van der Waals surface area contributed by atoms with E-state index in [4.69, 9.17) is 4.74 Å². The van der Waals surface area contributed by atoms with Gasteiger partial charge >= 0.3 is 5.97 Å². The SMILES string of the molecule is COc1ccc2c(c1)cc(C1(C(=O)O)CCC1)n2C. The maximum Gasteiger partial charge on any atom is 0.315 e. The van der Waals surface area contributed by atoms with Crippen LogP contribution in [0.4, 0.5) is 0 Å². The van der Waals surface area contributed by atoms with Crippen LogP contribution in [-0.2, 0) is 17.3 Å². The summed E-state index contributed by atoms with van der Waals surface area (Å²) in [5.74, 6) is 0.0826. The summed E-state index contributed by atoms with van der Waals surface area (Å²) in [7, 11) is 3.57. The molecule has 0 aliphatic heterocycles. The number of benzene rings is 1. The van der Waals surface area contributed by atoms with Crippen molar-refractivity contribution in [1.82, 2.24) is 4.57 Å². The number of nitrogens with zero attached hydrogens (tertiary/aromatic N) is 1. The van der Waals surface area contributed by atoms with Crippen molar-refractivity contribution in [3.63, 3.8) is 0 Å². The minimum Gasteiger partial charge on any atom is -0.497 e. The molecule has 0 saturated heterocycles. The number of aryl methyl sites for hydroxylation is 1. The molecule has 1 aromatic carbocycles. The van der Waals surface area contributed by atoms with Gasteiger partial charge in [0.15, 0.2) is 0 Å². The smallest absolute Gasteiger partial charge is 0.315 e. The summed E-state index contributed by atoms with van der Waals surface area (Å²) in [5.41, 5.74) is 1.25. The van der Waals surface area contributed by atoms with Crippen molar-refractivity contribution in [2.45, 2.75) is 24.7 Å². The van der Waals surface area contributed by atoms with E-state index in [-0.39, 0.29) is 0 Å². The molecule has 0 atom stereocenters. The highest BCUT2D eigenvalue weighted by Gasteiger charge is 2.47. The minimum absolute atomic E-state index is 0.693. The fraction of sp³-hybridized carbons (Fsp3) is 0.400. The van der Waals surface area contributed by atoms with Gasteiger partial charge in [-0.25, -0.2) is 0 Å². The second kappa shape index (κ2) is 4.02. The molecule has 0 unspecified atom stereocenters. The summed E-state index contributed by atoms with van der Waals surface area (Å²) >= 11 is 0. The standard InChI is InChI=1S/C15H17NO3/c1-16-12-5-4-11(19-2)8-10(12)9-13(16)15(14(17)18)6-3-7-15/h4-5,8-9H,3,6-7H2,1-2H3,(H,17,18). The van der Waals surface area contributed by atoms with Crippen molar-refractivity contribution in [1.29, 1.82) is 0 Å². The largest absolute Gasteiger partial charge is 0.497 e. The van der Waals surface area contributed by atoms with Crippen LogP contribution in [0.2, 0.25) is 0 Å². The van der Waals surface area contributed by atoms with Crippen LogP contribution in [0.15, 0.2) is 24.3 Å². The molecule has 1 fully saturated rings. The van der Waals surface area contributed by atoms with Gasteiger partial charge in [-0.15, -0.1) is 0 Å². The molecule has 4 heteroatoms. The van der Waals surface area contributed by atoms with Gasteiger partial charge in [0.2, 0.25) is 0 Å². The van der Waals surface area contributed by atoms with Crippen LogP contribution in [0.25, 0.3) is 10.9 Å². The van der Waals surface area contributed by atoms with Gasteiger partial charge in [-0.05, 0) is 37.1 Å². The first kappa shape index (κ1) is 12.1. The topological polar surface area (TPSA) is 51.5 Å². The van der Waals surface area contributed by atoms with Gasteiger partial charge in [0, 0.05) is 23.6 Å². The first-order chi connectivity index (χ1) is 9.08. The van der Waals surface area contributed by atoms with Crippen LogP contribution in [0, 0.1) is 0 Å². The normalized spacial score (nSPS) is 17.2. The predicted molar refractivity (Wildman–Crippen MR) is 72.6 cm³/mol. The fourth-order valence-corrected chi connectivity index (χ4v) is 3.02. The molecule has 1 heterocycles. The van der Waals surface area contributed by atoms with Crippen LogP contribution >= 0.6 is 0 Å². The number of ether oxygens (including phenoxy) is 1. The van der Waals surface area contributed by atoms with Gasteiger partial charge in [-0.3, -0.25) is 4.79 Å².